The van der Waals surface area contributed by atoms with E-state index in [9.17, 15) is 0 Å². The highest BCUT2D eigenvalue weighted by molar-refractivity contribution is 5.85. The molecule has 1 aliphatic heterocycles. The average Bonchev–Trinajstić information content (AvgIpc) is 2.57. The topological polar surface area (TPSA) is 40.0 Å². The molecule has 0 saturated heterocycles. The second-order valence-electron chi connectivity index (χ2n) is 7.54. The Morgan fingerprint density at radius 3 is 2.75 bits per heavy atom. The first-order chi connectivity index (χ1) is 11.6. The second kappa shape index (κ2) is 7.14. The molecule has 0 amide bonds. The van der Waals surface area contributed by atoms with E-state index in [4.69, 9.17) is 19.2 Å². The molecule has 0 N–H and O–H groups in total. The number of ether oxygens (including phenoxy) is 3. The van der Waals surface area contributed by atoms with Crippen molar-refractivity contribution in [2.24, 2.45) is 10.4 Å². The predicted molar refractivity (Wildman–Crippen MR) is 96.7 cm³/mol. The smallest absolute Gasteiger partial charge is 0.161 e. The Kier molecular flexibility index (Phi) is 5.14. The Balaban J connectivity index is 1.88. The van der Waals surface area contributed by atoms with E-state index in [0.717, 1.165) is 17.9 Å². The third-order valence-corrected chi connectivity index (χ3v) is 5.41. The van der Waals surface area contributed by atoms with E-state index in [-0.39, 0.29) is 5.41 Å². The lowest BCUT2D eigenvalue weighted by Crippen LogP contribution is -2.39. The van der Waals surface area contributed by atoms with Gasteiger partial charge in [0.2, 0.25) is 0 Å². The zero-order valence-electron chi connectivity index (χ0n) is 15.3. The molecule has 0 spiro atoms. The monoisotopic (exact) mass is 331 g/mol. The maximum Gasteiger partial charge on any atom is 0.161 e. The lowest BCUT2D eigenvalue weighted by Gasteiger charge is -2.44. The summed E-state index contributed by atoms with van der Waals surface area (Å²) in [7, 11) is 3.40. The Labute approximate surface area is 145 Å². The quantitative estimate of drug-likeness (QED) is 0.733. The molecule has 4 heteroatoms. The molecule has 1 aliphatic carbocycles. The molecule has 0 radical (unpaired) electrons. The van der Waals surface area contributed by atoms with Crippen LogP contribution in [0.2, 0.25) is 0 Å². The third-order valence-electron chi connectivity index (χ3n) is 5.41. The molecule has 2 aliphatic rings. The van der Waals surface area contributed by atoms with Gasteiger partial charge in [0, 0.05) is 32.3 Å². The van der Waals surface area contributed by atoms with Gasteiger partial charge in [0.05, 0.1) is 19.8 Å². The maximum absolute atomic E-state index is 5.98. The van der Waals surface area contributed by atoms with E-state index >= 15 is 0 Å². The molecule has 0 aromatic heterocycles. The number of hydrogen-bond donors (Lipinski definition) is 0. The van der Waals surface area contributed by atoms with E-state index in [1.165, 1.54) is 30.4 Å². The van der Waals surface area contributed by atoms with Gasteiger partial charge in [-0.3, -0.25) is 4.99 Å². The number of fused-ring (bicyclic) bond motifs is 3. The van der Waals surface area contributed by atoms with E-state index in [0.29, 0.717) is 25.2 Å². The first-order valence-electron chi connectivity index (χ1n) is 8.93. The zero-order chi connectivity index (χ0) is 17.2. The van der Waals surface area contributed by atoms with Gasteiger partial charge in [0.1, 0.15) is 0 Å². The number of aliphatic imine (C=N–C) groups is 1. The van der Waals surface area contributed by atoms with Gasteiger partial charge in [-0.25, -0.2) is 0 Å². The lowest BCUT2D eigenvalue weighted by molar-refractivity contribution is 0.169. The second-order valence-corrected chi connectivity index (χ2v) is 7.54. The first-order valence-corrected chi connectivity index (χ1v) is 8.93. The molecule has 2 unspecified atom stereocenters. The number of methoxy groups -OCH3 is 2. The van der Waals surface area contributed by atoms with Crippen molar-refractivity contribution in [3.05, 3.63) is 23.3 Å². The Hall–Kier alpha value is -1.55. The van der Waals surface area contributed by atoms with Crippen LogP contribution in [0, 0.1) is 5.41 Å². The Morgan fingerprint density at radius 2 is 2.00 bits per heavy atom. The summed E-state index contributed by atoms with van der Waals surface area (Å²) >= 11 is 0. The fraction of sp³-hybridized carbons (Fsp3) is 0.650. The minimum Gasteiger partial charge on any atom is -0.493 e. The van der Waals surface area contributed by atoms with Crippen LogP contribution in [0.25, 0.3) is 0 Å². The van der Waals surface area contributed by atoms with Crippen LogP contribution in [0.1, 0.15) is 56.6 Å². The van der Waals surface area contributed by atoms with Gasteiger partial charge < -0.3 is 14.2 Å². The summed E-state index contributed by atoms with van der Waals surface area (Å²) in [6, 6.07) is 4.63. The molecule has 1 aromatic rings. The average molecular weight is 331 g/mol. The van der Waals surface area contributed by atoms with Crippen molar-refractivity contribution < 1.29 is 14.2 Å². The molecule has 0 bridgehead atoms. The van der Waals surface area contributed by atoms with Crippen LogP contribution in [0.3, 0.4) is 0 Å². The third kappa shape index (κ3) is 3.30. The Bertz CT molecular complexity index is 609. The SMILES string of the molecule is COCCCOc1cc2c(cc1OC)C=NC1C2CCCC1(C)C. The van der Waals surface area contributed by atoms with Gasteiger partial charge >= 0.3 is 0 Å². The highest BCUT2D eigenvalue weighted by Gasteiger charge is 2.41. The number of rotatable bonds is 6. The summed E-state index contributed by atoms with van der Waals surface area (Å²) in [5.41, 5.74) is 2.80. The van der Waals surface area contributed by atoms with Crippen LogP contribution in [-0.2, 0) is 4.74 Å². The summed E-state index contributed by atoms with van der Waals surface area (Å²) in [4.78, 5) is 4.90. The summed E-state index contributed by atoms with van der Waals surface area (Å²) < 4.78 is 16.6. The van der Waals surface area contributed by atoms with Crippen molar-refractivity contribution in [3.63, 3.8) is 0 Å². The van der Waals surface area contributed by atoms with Crippen molar-refractivity contribution in [2.45, 2.75) is 51.5 Å². The van der Waals surface area contributed by atoms with Crippen molar-refractivity contribution in [3.8, 4) is 11.5 Å². The molecule has 1 fully saturated rings. The fourth-order valence-corrected chi connectivity index (χ4v) is 4.10. The van der Waals surface area contributed by atoms with Crippen molar-refractivity contribution >= 4 is 6.21 Å². The lowest BCUT2D eigenvalue weighted by atomic mass is 9.65. The summed E-state index contributed by atoms with van der Waals surface area (Å²) in [6.45, 7) is 6.03. The minimum absolute atomic E-state index is 0.260. The van der Waals surface area contributed by atoms with Crippen LogP contribution in [-0.4, -0.2) is 39.7 Å². The molecule has 1 heterocycles. The fourth-order valence-electron chi connectivity index (χ4n) is 4.10. The van der Waals surface area contributed by atoms with Crippen LogP contribution >= 0.6 is 0 Å². The normalized spacial score (nSPS) is 24.2. The molecule has 2 atom stereocenters. The summed E-state index contributed by atoms with van der Waals surface area (Å²) in [6.07, 6.45) is 6.61. The number of benzene rings is 1. The van der Waals surface area contributed by atoms with Gasteiger partial charge in [-0.05, 0) is 41.5 Å². The molecule has 132 valence electrons. The van der Waals surface area contributed by atoms with Gasteiger partial charge in [-0.15, -0.1) is 0 Å². The summed E-state index contributed by atoms with van der Waals surface area (Å²) in [5.74, 6) is 2.11. The molecular formula is C20H29NO3. The van der Waals surface area contributed by atoms with Gasteiger partial charge in [0.25, 0.3) is 0 Å². The summed E-state index contributed by atoms with van der Waals surface area (Å²) in [5, 5.41) is 0. The van der Waals surface area contributed by atoms with E-state index < -0.39 is 0 Å². The van der Waals surface area contributed by atoms with E-state index in [2.05, 4.69) is 26.0 Å². The molecule has 1 saturated carbocycles. The Morgan fingerprint density at radius 1 is 1.17 bits per heavy atom. The standard InChI is InChI=1S/C20H29NO3/c1-20(2)8-5-7-15-16-12-18(24-10-6-9-22-3)17(23-4)11-14(16)13-21-19(15)20/h11-13,15,19H,5-10H2,1-4H3. The molecular weight excluding hydrogens is 302 g/mol. The van der Waals surface area contributed by atoms with E-state index in [1.54, 1.807) is 14.2 Å². The molecule has 3 rings (SSSR count). The maximum atomic E-state index is 5.98. The minimum atomic E-state index is 0.260. The predicted octanol–water partition coefficient (Wildman–Crippen LogP) is 4.21. The van der Waals surface area contributed by atoms with Crippen LogP contribution in [0.5, 0.6) is 11.5 Å². The number of hydrogen-bond acceptors (Lipinski definition) is 4. The van der Waals surface area contributed by atoms with Gasteiger partial charge in [-0.1, -0.05) is 20.3 Å². The van der Waals surface area contributed by atoms with Gasteiger partial charge in [0.15, 0.2) is 11.5 Å². The highest BCUT2D eigenvalue weighted by Crippen LogP contribution is 2.49. The van der Waals surface area contributed by atoms with Crippen LogP contribution in [0.4, 0.5) is 0 Å². The largest absolute Gasteiger partial charge is 0.493 e. The molecule has 4 nitrogen and oxygen atoms in total. The van der Waals surface area contributed by atoms with Crippen LogP contribution < -0.4 is 9.47 Å². The van der Waals surface area contributed by atoms with Crippen molar-refractivity contribution in [2.75, 3.05) is 27.4 Å². The van der Waals surface area contributed by atoms with E-state index in [1.807, 2.05) is 6.21 Å². The first kappa shape index (κ1) is 17.3. The van der Waals surface area contributed by atoms with Crippen molar-refractivity contribution in [1.82, 2.24) is 0 Å². The zero-order valence-corrected chi connectivity index (χ0v) is 15.3. The molecule has 1 aromatic carbocycles. The van der Waals surface area contributed by atoms with Crippen molar-refractivity contribution in [1.29, 1.82) is 0 Å². The molecule has 24 heavy (non-hydrogen) atoms. The number of nitrogens with zero attached hydrogens (tertiary/aromatic N) is 1. The van der Waals surface area contributed by atoms with Crippen LogP contribution in [0.15, 0.2) is 17.1 Å². The van der Waals surface area contributed by atoms with Gasteiger partial charge in [-0.2, -0.15) is 0 Å². The highest BCUT2D eigenvalue weighted by atomic mass is 16.5.